The molecule has 4 atom stereocenters. The van der Waals surface area contributed by atoms with Crippen LogP contribution in [0, 0.1) is 0 Å². The molecule has 0 radical (unpaired) electrons. The first-order valence-electron chi connectivity index (χ1n) is 5.27. The number of aliphatic hydroxyl groups is 3. The second-order valence-corrected chi connectivity index (χ2v) is 2.69. The third kappa shape index (κ3) is 3.69. The predicted molar refractivity (Wildman–Crippen MR) is 46.8 cm³/mol. The summed E-state index contributed by atoms with van der Waals surface area (Å²) in [5, 5.41) is 28.1. The van der Waals surface area contributed by atoms with Gasteiger partial charge in [0.25, 0.3) is 0 Å². The Balaban J connectivity index is 4.21. The van der Waals surface area contributed by atoms with Crippen LogP contribution in [0.3, 0.4) is 0 Å². The fourth-order valence-electron chi connectivity index (χ4n) is 0.860. The van der Waals surface area contributed by atoms with E-state index in [0.29, 0.717) is 0 Å². The standard InChI is InChI=1S/C8H16O6/c1-13-4-5(10)7(11)8(12)6(3-9)14-2/h3,5-8,10-12H,4H2,1-2H3/t5-,6+,7+,8-/m1/s1/i1D,2D. The lowest BCUT2D eigenvalue weighted by molar-refractivity contribution is -0.142. The van der Waals surface area contributed by atoms with Crippen LogP contribution < -0.4 is 0 Å². The topological polar surface area (TPSA) is 96.2 Å². The van der Waals surface area contributed by atoms with Gasteiger partial charge in [0, 0.05) is 14.2 Å². The van der Waals surface area contributed by atoms with Gasteiger partial charge in [0.1, 0.15) is 24.4 Å². The number of rotatable bonds is 7. The first kappa shape index (κ1) is 10.0. The number of carbonyl (C=O) groups excluding carboxylic acids is 1. The fourth-order valence-corrected chi connectivity index (χ4v) is 0.860. The highest BCUT2D eigenvalue weighted by Crippen LogP contribution is 2.06. The maximum absolute atomic E-state index is 10.5. The molecule has 0 aliphatic carbocycles. The van der Waals surface area contributed by atoms with Gasteiger partial charge in [-0.2, -0.15) is 0 Å². The van der Waals surface area contributed by atoms with Crippen molar-refractivity contribution in [3.63, 3.8) is 0 Å². The van der Waals surface area contributed by atoms with Crippen LogP contribution in [0.25, 0.3) is 0 Å². The lowest BCUT2D eigenvalue weighted by atomic mass is 10.0. The third-order valence-electron chi connectivity index (χ3n) is 1.70. The Hall–Kier alpha value is -0.530. The minimum absolute atomic E-state index is 0.237. The highest BCUT2D eigenvalue weighted by atomic mass is 16.5. The fraction of sp³-hybridized carbons (Fsp3) is 0.875. The Bertz CT molecular complexity index is 193. The smallest absolute Gasteiger partial charge is 0.151 e. The van der Waals surface area contributed by atoms with Crippen LogP contribution in [0.15, 0.2) is 0 Å². The molecule has 0 aromatic heterocycles. The number of carbonyl (C=O) groups is 1. The molecule has 6 nitrogen and oxygen atoms in total. The van der Waals surface area contributed by atoms with Crippen molar-refractivity contribution in [2.75, 3.05) is 20.8 Å². The molecule has 0 rings (SSSR count). The highest BCUT2D eigenvalue weighted by Gasteiger charge is 2.31. The number of ether oxygens (including phenoxy) is 2. The summed E-state index contributed by atoms with van der Waals surface area (Å²) in [6, 6.07) is 0. The van der Waals surface area contributed by atoms with Crippen LogP contribution in [0.4, 0.5) is 0 Å². The Morgan fingerprint density at radius 3 is 2.57 bits per heavy atom. The van der Waals surface area contributed by atoms with E-state index in [1.807, 2.05) is 0 Å². The van der Waals surface area contributed by atoms with Crippen LogP contribution in [0.1, 0.15) is 2.74 Å². The van der Waals surface area contributed by atoms with Gasteiger partial charge in [-0.1, -0.05) is 0 Å². The Labute approximate surface area is 84.9 Å². The summed E-state index contributed by atoms with van der Waals surface area (Å²) < 4.78 is 22.4. The first-order valence-corrected chi connectivity index (χ1v) is 3.85. The monoisotopic (exact) mass is 210 g/mol. The zero-order chi connectivity index (χ0) is 12.6. The molecule has 14 heavy (non-hydrogen) atoms. The number of aldehydes is 1. The maximum Gasteiger partial charge on any atom is 0.151 e. The molecule has 0 heterocycles. The van der Waals surface area contributed by atoms with Gasteiger partial charge in [0.05, 0.1) is 9.35 Å². The van der Waals surface area contributed by atoms with Gasteiger partial charge in [-0.25, -0.2) is 0 Å². The van der Waals surface area contributed by atoms with Gasteiger partial charge in [-0.3, -0.25) is 0 Å². The van der Waals surface area contributed by atoms with Crippen molar-refractivity contribution in [3.05, 3.63) is 0 Å². The van der Waals surface area contributed by atoms with Crippen LogP contribution in [0.5, 0.6) is 0 Å². The Kier molecular flexibility index (Phi) is 4.90. The molecule has 0 saturated heterocycles. The molecule has 0 aromatic rings. The summed E-state index contributed by atoms with van der Waals surface area (Å²) in [7, 11) is -0.938. The molecule has 0 aliphatic rings. The molecule has 84 valence electrons. The largest absolute Gasteiger partial charge is 0.388 e. The molecule has 0 aliphatic heterocycles. The van der Waals surface area contributed by atoms with Gasteiger partial charge in [-0.05, 0) is 0 Å². The van der Waals surface area contributed by atoms with Gasteiger partial charge in [0.2, 0.25) is 0 Å². The molecular formula is C8H16O6. The molecule has 0 aromatic carbocycles. The van der Waals surface area contributed by atoms with E-state index in [2.05, 4.69) is 9.47 Å². The lowest BCUT2D eigenvalue weighted by Gasteiger charge is -2.25. The summed E-state index contributed by atoms with van der Waals surface area (Å²) in [6.07, 6.45) is -5.86. The minimum Gasteiger partial charge on any atom is -0.388 e. The Morgan fingerprint density at radius 2 is 2.07 bits per heavy atom. The van der Waals surface area contributed by atoms with Crippen molar-refractivity contribution in [3.8, 4) is 0 Å². The van der Waals surface area contributed by atoms with Crippen LogP contribution in [-0.2, 0) is 14.3 Å². The molecular weight excluding hydrogens is 192 g/mol. The van der Waals surface area contributed by atoms with E-state index in [0.717, 1.165) is 0 Å². The predicted octanol–water partition coefficient (Wildman–Crippen LogP) is -2.07. The number of aliphatic hydroxyl groups excluding tert-OH is 3. The molecule has 0 bridgehead atoms. The third-order valence-corrected chi connectivity index (χ3v) is 1.70. The first-order chi connectivity index (χ1) is 7.58. The quantitative estimate of drug-likeness (QED) is 0.418. The van der Waals surface area contributed by atoms with E-state index in [1.54, 1.807) is 0 Å². The summed E-state index contributed by atoms with van der Waals surface area (Å²) in [4.78, 5) is 10.5. The van der Waals surface area contributed by atoms with Gasteiger partial charge < -0.3 is 29.6 Å². The highest BCUT2D eigenvalue weighted by molar-refractivity contribution is 5.57. The van der Waals surface area contributed by atoms with Crippen LogP contribution in [-0.4, -0.2) is 66.8 Å². The molecule has 0 saturated carbocycles. The zero-order valence-corrected chi connectivity index (χ0v) is 7.57. The average molecular weight is 210 g/mol. The van der Waals surface area contributed by atoms with E-state index in [1.165, 1.54) is 0 Å². The molecule has 0 fully saturated rings. The maximum atomic E-state index is 10.5. The molecule has 0 unspecified atom stereocenters. The van der Waals surface area contributed by atoms with E-state index in [9.17, 15) is 20.1 Å². The van der Waals surface area contributed by atoms with Gasteiger partial charge in [-0.15, -0.1) is 0 Å². The van der Waals surface area contributed by atoms with Crippen molar-refractivity contribution in [1.29, 1.82) is 0 Å². The van der Waals surface area contributed by atoms with Crippen molar-refractivity contribution in [2.45, 2.75) is 24.4 Å². The van der Waals surface area contributed by atoms with Crippen LogP contribution in [0.2, 0.25) is 0 Å². The molecule has 3 N–H and O–H groups in total. The zero-order valence-electron chi connectivity index (χ0n) is 9.57. The van der Waals surface area contributed by atoms with E-state index >= 15 is 0 Å². The summed E-state index contributed by atoms with van der Waals surface area (Å²) in [6.45, 7) is -0.339. The van der Waals surface area contributed by atoms with Gasteiger partial charge in [0.15, 0.2) is 6.29 Å². The van der Waals surface area contributed by atoms with Gasteiger partial charge >= 0.3 is 0 Å². The van der Waals surface area contributed by atoms with Crippen molar-refractivity contribution >= 4 is 6.29 Å². The lowest BCUT2D eigenvalue weighted by Crippen LogP contribution is -2.47. The Morgan fingerprint density at radius 1 is 1.36 bits per heavy atom. The van der Waals surface area contributed by atoms with Crippen molar-refractivity contribution in [1.82, 2.24) is 0 Å². The summed E-state index contributed by atoms with van der Waals surface area (Å²) in [5.74, 6) is 0. The SMILES string of the molecule is [2H]COC[C@@H](O)[C@H](O)[C@H](O)[C@H](C=O)OC[2H]. The minimum atomic E-state index is -1.65. The van der Waals surface area contributed by atoms with E-state index < -0.39 is 31.5 Å². The van der Waals surface area contributed by atoms with Crippen LogP contribution >= 0.6 is 0 Å². The molecule has 0 amide bonds. The molecule has 0 spiro atoms. The van der Waals surface area contributed by atoms with Crippen molar-refractivity contribution in [2.24, 2.45) is 0 Å². The van der Waals surface area contributed by atoms with E-state index in [-0.39, 0.29) is 20.0 Å². The average Bonchev–Trinajstić information content (AvgIpc) is 2.31. The number of methoxy groups -OCH3 is 2. The van der Waals surface area contributed by atoms with E-state index in [4.69, 9.17) is 2.74 Å². The number of hydrogen-bond donors (Lipinski definition) is 3. The normalized spacial score (nSPS) is 21.6. The summed E-state index contributed by atoms with van der Waals surface area (Å²) in [5.41, 5.74) is 0. The van der Waals surface area contributed by atoms with Crippen molar-refractivity contribution < 1.29 is 32.3 Å². The number of hydrogen-bond acceptors (Lipinski definition) is 6. The molecule has 6 heteroatoms. The summed E-state index contributed by atoms with van der Waals surface area (Å²) >= 11 is 0. The second kappa shape index (κ2) is 6.86. The second-order valence-electron chi connectivity index (χ2n) is 2.69.